The van der Waals surface area contributed by atoms with Gasteiger partial charge in [0.25, 0.3) is 5.56 Å². The summed E-state index contributed by atoms with van der Waals surface area (Å²) in [7, 11) is 0. The number of nitrogens with one attached hydrogen (secondary N) is 1. The molecule has 1 aliphatic heterocycles. The van der Waals surface area contributed by atoms with Crippen molar-refractivity contribution in [1.82, 2.24) is 9.97 Å². The maximum Gasteiger partial charge on any atom is 0.338 e. The predicted octanol–water partition coefficient (Wildman–Crippen LogP) is -0.0843. The average molecular weight is 306 g/mol. The number of H-pyrrole nitrogens is 1. The first-order chi connectivity index (χ1) is 11.1. The third-order valence-corrected chi connectivity index (χ3v) is 2.99. The number of para-hydroxylation sites is 4. The zero-order valence-electron chi connectivity index (χ0n) is 11.8. The van der Waals surface area contributed by atoms with E-state index in [2.05, 4.69) is 20.0 Å². The Morgan fingerprint density at radius 1 is 0.739 bits per heavy atom. The van der Waals surface area contributed by atoms with Gasteiger partial charge in [-0.25, -0.2) is 15.0 Å². The van der Waals surface area contributed by atoms with Gasteiger partial charge in [0.2, 0.25) is 0 Å². The Labute approximate surface area is 129 Å². The molecule has 0 bridgehead atoms. The Bertz CT molecular complexity index is 1040. The fourth-order valence-electron chi connectivity index (χ4n) is 1.95. The summed E-state index contributed by atoms with van der Waals surface area (Å²) in [6, 6.07) is 14.2. The van der Waals surface area contributed by atoms with Crippen molar-refractivity contribution in [1.29, 1.82) is 0 Å². The maximum absolute atomic E-state index is 10.8. The van der Waals surface area contributed by atoms with Gasteiger partial charge >= 0.3 is 11.8 Å². The van der Waals surface area contributed by atoms with Gasteiger partial charge in [0, 0.05) is 0 Å². The standard InChI is InChI=1S/C8H4N2O2.C8H6N2O/c11-7-8(12)10-6-4-2-1-3-5(6)9-7;11-8-5-9-6-3-1-2-4-7(6)10-8/h1-4H;1-5H,(H,10,11). The molecule has 2 aromatic carbocycles. The fourth-order valence-corrected chi connectivity index (χ4v) is 1.95. The summed E-state index contributed by atoms with van der Waals surface area (Å²) in [4.78, 5) is 46.0. The molecule has 0 radical (unpaired) electrons. The van der Waals surface area contributed by atoms with E-state index < -0.39 is 11.8 Å². The topological polar surface area (TPSA) is 105 Å². The first-order valence-electron chi connectivity index (χ1n) is 6.68. The highest BCUT2D eigenvalue weighted by Crippen LogP contribution is 2.02. The molecular formula is C16H10N4O3. The molecule has 1 aliphatic rings. The Morgan fingerprint density at radius 3 is 1.96 bits per heavy atom. The van der Waals surface area contributed by atoms with Gasteiger partial charge in [0.05, 0.1) is 27.9 Å². The minimum atomic E-state index is -0.797. The molecule has 0 saturated heterocycles. The molecule has 2 heterocycles. The number of aromatic nitrogens is 2. The summed E-state index contributed by atoms with van der Waals surface area (Å²) < 4.78 is 0. The number of carbonyl (C=O) groups excluding carboxylic acids is 2. The molecule has 3 aromatic rings. The van der Waals surface area contributed by atoms with E-state index in [-0.39, 0.29) is 5.56 Å². The van der Waals surface area contributed by atoms with E-state index in [1.807, 2.05) is 24.3 Å². The minimum absolute atomic E-state index is 0.163. The first kappa shape index (κ1) is 14.5. The van der Waals surface area contributed by atoms with Crippen molar-refractivity contribution in [2.45, 2.75) is 0 Å². The highest BCUT2D eigenvalue weighted by molar-refractivity contribution is 6.36. The molecule has 1 aromatic heterocycles. The average Bonchev–Trinajstić information content (AvgIpc) is 2.56. The first-order valence-corrected chi connectivity index (χ1v) is 6.68. The molecular weight excluding hydrogens is 296 g/mol. The lowest BCUT2D eigenvalue weighted by molar-refractivity contribution is -0.135. The van der Waals surface area contributed by atoms with E-state index in [1.54, 1.807) is 24.3 Å². The third kappa shape index (κ3) is 3.24. The Balaban J connectivity index is 0.000000136. The van der Waals surface area contributed by atoms with Gasteiger partial charge in [-0.15, -0.1) is 0 Å². The molecule has 2 amide bonds. The zero-order chi connectivity index (χ0) is 16.2. The molecule has 7 nitrogen and oxygen atoms in total. The van der Waals surface area contributed by atoms with E-state index >= 15 is 0 Å². The van der Waals surface area contributed by atoms with Gasteiger partial charge in [-0.2, -0.15) is 0 Å². The van der Waals surface area contributed by atoms with E-state index in [9.17, 15) is 14.4 Å². The molecule has 0 unspecified atom stereocenters. The molecule has 23 heavy (non-hydrogen) atoms. The maximum atomic E-state index is 10.8. The normalized spacial score (nSPS) is 12.5. The third-order valence-electron chi connectivity index (χ3n) is 2.99. The van der Waals surface area contributed by atoms with Crippen LogP contribution in [0.5, 0.6) is 0 Å². The van der Waals surface area contributed by atoms with Crippen LogP contribution in [0.4, 0.5) is 0 Å². The van der Waals surface area contributed by atoms with E-state index in [4.69, 9.17) is 0 Å². The largest absolute Gasteiger partial charge is 0.338 e. The van der Waals surface area contributed by atoms with Crippen molar-refractivity contribution >= 4 is 22.8 Å². The fraction of sp³-hybridized carbons (Fsp3) is 0. The number of hydrogen-bond donors (Lipinski definition) is 1. The van der Waals surface area contributed by atoms with Crippen LogP contribution in [0.3, 0.4) is 0 Å². The summed E-state index contributed by atoms with van der Waals surface area (Å²) in [6.07, 6.45) is 1.28. The second kappa shape index (κ2) is 6.10. The Hall–Kier alpha value is -3.48. The van der Waals surface area contributed by atoms with Crippen LogP contribution in [0.15, 0.2) is 69.5 Å². The smallest absolute Gasteiger partial charge is 0.319 e. The summed E-state index contributed by atoms with van der Waals surface area (Å²) >= 11 is 0. The lowest BCUT2D eigenvalue weighted by Gasteiger charge is -1.94. The van der Waals surface area contributed by atoms with Crippen LogP contribution in [0.1, 0.15) is 0 Å². The molecule has 4 rings (SSSR count). The van der Waals surface area contributed by atoms with E-state index in [0.717, 1.165) is 11.0 Å². The molecule has 7 heteroatoms. The predicted molar refractivity (Wildman–Crippen MR) is 81.1 cm³/mol. The highest BCUT2D eigenvalue weighted by atomic mass is 16.2. The van der Waals surface area contributed by atoms with Crippen LogP contribution >= 0.6 is 0 Å². The second-order valence-electron chi connectivity index (χ2n) is 4.59. The molecule has 0 spiro atoms. The number of benzene rings is 2. The lowest BCUT2D eigenvalue weighted by atomic mass is 10.3. The van der Waals surface area contributed by atoms with E-state index in [1.165, 1.54) is 6.20 Å². The molecule has 0 aliphatic carbocycles. The lowest BCUT2D eigenvalue weighted by Crippen LogP contribution is -2.33. The summed E-state index contributed by atoms with van der Waals surface area (Å²) in [5, 5.41) is 0.921. The summed E-state index contributed by atoms with van der Waals surface area (Å²) in [6.45, 7) is 0. The number of nitrogens with zero attached hydrogens (tertiary/aromatic N) is 3. The van der Waals surface area contributed by atoms with Crippen molar-refractivity contribution in [2.75, 3.05) is 0 Å². The van der Waals surface area contributed by atoms with E-state index in [0.29, 0.717) is 10.7 Å². The van der Waals surface area contributed by atoms with Crippen LogP contribution < -0.4 is 16.3 Å². The van der Waals surface area contributed by atoms with Crippen molar-refractivity contribution in [2.24, 2.45) is 9.98 Å². The number of amides is 2. The van der Waals surface area contributed by atoms with Crippen molar-refractivity contribution in [3.05, 3.63) is 75.8 Å². The quantitative estimate of drug-likeness (QED) is 0.586. The number of carbonyl (C=O) groups is 2. The second-order valence-corrected chi connectivity index (χ2v) is 4.59. The highest BCUT2D eigenvalue weighted by Gasteiger charge is 2.13. The van der Waals surface area contributed by atoms with Crippen LogP contribution in [0.2, 0.25) is 0 Å². The van der Waals surface area contributed by atoms with Gasteiger partial charge < -0.3 is 4.98 Å². The molecule has 1 N–H and O–H groups in total. The van der Waals surface area contributed by atoms with Crippen molar-refractivity contribution in [3.8, 4) is 0 Å². The monoisotopic (exact) mass is 306 g/mol. The van der Waals surface area contributed by atoms with Crippen molar-refractivity contribution in [3.63, 3.8) is 0 Å². The number of fused-ring (bicyclic) bond motifs is 2. The van der Waals surface area contributed by atoms with Crippen LogP contribution in [-0.2, 0) is 9.59 Å². The van der Waals surface area contributed by atoms with Gasteiger partial charge in [0.15, 0.2) is 0 Å². The zero-order valence-corrected chi connectivity index (χ0v) is 11.8. The van der Waals surface area contributed by atoms with Gasteiger partial charge in [0.1, 0.15) is 0 Å². The van der Waals surface area contributed by atoms with Crippen LogP contribution in [0, 0.1) is 0 Å². The van der Waals surface area contributed by atoms with Crippen LogP contribution in [0.25, 0.3) is 11.0 Å². The van der Waals surface area contributed by atoms with Crippen LogP contribution in [-0.4, -0.2) is 21.8 Å². The molecule has 0 atom stereocenters. The number of rotatable bonds is 0. The van der Waals surface area contributed by atoms with Crippen molar-refractivity contribution < 1.29 is 9.59 Å². The minimum Gasteiger partial charge on any atom is -0.319 e. The molecule has 112 valence electrons. The SMILES string of the molecule is O=C1N=c2ccccc2=NC1=O.O=c1cnc2ccccc2[nH]1. The summed E-state index contributed by atoms with van der Waals surface area (Å²) in [5.41, 5.74) is 1.43. The van der Waals surface area contributed by atoms with Gasteiger partial charge in [-0.05, 0) is 24.3 Å². The molecule has 0 fully saturated rings. The molecule has 0 saturated carbocycles. The Morgan fingerprint density at radius 2 is 1.30 bits per heavy atom. The number of hydrogen-bond acceptors (Lipinski definition) is 4. The van der Waals surface area contributed by atoms with Gasteiger partial charge in [-0.1, -0.05) is 24.3 Å². The number of aromatic amines is 1. The summed E-state index contributed by atoms with van der Waals surface area (Å²) in [5.74, 6) is -1.59. The van der Waals surface area contributed by atoms with Gasteiger partial charge in [-0.3, -0.25) is 14.4 Å². The Kier molecular flexibility index (Phi) is 3.84.